The normalized spacial score (nSPS) is 20.1. The van der Waals surface area contributed by atoms with E-state index in [4.69, 9.17) is 9.47 Å². The number of esters is 1. The van der Waals surface area contributed by atoms with Gasteiger partial charge in [0.25, 0.3) is 5.91 Å². The first-order valence-corrected chi connectivity index (χ1v) is 9.12. The van der Waals surface area contributed by atoms with Crippen LogP contribution in [0.3, 0.4) is 0 Å². The van der Waals surface area contributed by atoms with E-state index in [0.29, 0.717) is 25.1 Å². The van der Waals surface area contributed by atoms with E-state index >= 15 is 0 Å². The predicted octanol–water partition coefficient (Wildman–Crippen LogP) is 2.18. The summed E-state index contributed by atoms with van der Waals surface area (Å²) in [4.78, 5) is 30.5. The summed E-state index contributed by atoms with van der Waals surface area (Å²) in [5.74, 6) is -0.890. The van der Waals surface area contributed by atoms with Crippen LogP contribution in [0.5, 0.6) is 5.88 Å². The van der Waals surface area contributed by atoms with Gasteiger partial charge in [0, 0.05) is 23.7 Å². The van der Waals surface area contributed by atoms with Crippen molar-refractivity contribution in [1.29, 1.82) is 0 Å². The Labute approximate surface area is 161 Å². The molecule has 4 rings (SSSR count). The van der Waals surface area contributed by atoms with Crippen molar-refractivity contribution in [3.8, 4) is 17.1 Å². The van der Waals surface area contributed by atoms with E-state index < -0.39 is 5.82 Å². The van der Waals surface area contributed by atoms with Crippen LogP contribution in [0.1, 0.15) is 36.2 Å². The highest BCUT2D eigenvalue weighted by Crippen LogP contribution is 2.50. The molecule has 2 fully saturated rings. The first kappa shape index (κ1) is 18.4. The number of ether oxygens (including phenoxy) is 2. The third-order valence-corrected chi connectivity index (χ3v) is 5.63. The van der Waals surface area contributed by atoms with Gasteiger partial charge in [-0.15, -0.1) is 0 Å². The van der Waals surface area contributed by atoms with E-state index in [-0.39, 0.29) is 40.5 Å². The molecule has 1 spiro atoms. The molecule has 0 aromatic carbocycles. The highest BCUT2D eigenvalue weighted by molar-refractivity contribution is 5.94. The molecular formula is C19H21FN4O4. The van der Waals surface area contributed by atoms with Crippen LogP contribution in [0.2, 0.25) is 0 Å². The lowest BCUT2D eigenvalue weighted by Crippen LogP contribution is -2.49. The van der Waals surface area contributed by atoms with Gasteiger partial charge in [-0.05, 0) is 31.7 Å². The fraction of sp³-hybridized carbons (Fsp3) is 0.474. The van der Waals surface area contributed by atoms with E-state index in [0.717, 1.165) is 19.0 Å². The van der Waals surface area contributed by atoms with Crippen molar-refractivity contribution < 1.29 is 23.5 Å². The Balaban J connectivity index is 1.55. The minimum absolute atomic E-state index is 0.176. The number of pyridine rings is 1. The lowest BCUT2D eigenvalue weighted by atomic mass is 9.88. The minimum atomic E-state index is -0.541. The molecule has 8 nitrogen and oxygen atoms in total. The second-order valence-corrected chi connectivity index (χ2v) is 7.27. The van der Waals surface area contributed by atoms with E-state index in [9.17, 15) is 14.0 Å². The van der Waals surface area contributed by atoms with Crippen LogP contribution in [-0.4, -0.2) is 58.3 Å². The number of nitrogens with zero attached hydrogens (tertiary/aromatic N) is 3. The van der Waals surface area contributed by atoms with Crippen LogP contribution < -0.4 is 4.74 Å². The van der Waals surface area contributed by atoms with Gasteiger partial charge < -0.3 is 14.4 Å². The molecule has 1 amide bonds. The largest absolute Gasteiger partial charge is 0.481 e. The molecule has 1 saturated heterocycles. The molecule has 1 N–H and O–H groups in total. The lowest BCUT2D eigenvalue weighted by Gasteiger charge is -2.38. The Morgan fingerprint density at radius 1 is 1.32 bits per heavy atom. The highest BCUT2D eigenvalue weighted by atomic mass is 19.1. The van der Waals surface area contributed by atoms with Crippen molar-refractivity contribution in [2.24, 2.45) is 5.92 Å². The monoisotopic (exact) mass is 388 g/mol. The van der Waals surface area contributed by atoms with E-state index in [2.05, 4.69) is 15.2 Å². The quantitative estimate of drug-likeness (QED) is 0.807. The van der Waals surface area contributed by atoms with E-state index in [1.54, 1.807) is 4.90 Å². The maximum absolute atomic E-state index is 14.1. The number of aromatic nitrogens is 3. The minimum Gasteiger partial charge on any atom is -0.481 e. The van der Waals surface area contributed by atoms with Crippen LogP contribution in [0, 0.1) is 11.7 Å². The number of piperidine rings is 1. The standard InChI is InChI=1S/C19H21FN4O4/c1-27-16-7-12(13(20)10-21-16)14-8-15(23-22-14)17(25)24-6-3-11(18(26)28-2)9-19(24)4-5-19/h7-8,10-11H,3-6,9H2,1-2H3,(H,22,23)/t11-/m1/s1. The Bertz CT molecular complexity index is 924. The van der Waals surface area contributed by atoms with Crippen molar-refractivity contribution >= 4 is 11.9 Å². The molecule has 1 aliphatic carbocycles. The summed E-state index contributed by atoms with van der Waals surface area (Å²) in [5.41, 5.74) is 0.520. The number of likely N-dealkylation sites (tertiary alicyclic amines) is 1. The van der Waals surface area contributed by atoms with Crippen LogP contribution >= 0.6 is 0 Å². The lowest BCUT2D eigenvalue weighted by molar-refractivity contribution is -0.147. The third-order valence-electron chi connectivity index (χ3n) is 5.63. The molecule has 2 aromatic heterocycles. The zero-order valence-electron chi connectivity index (χ0n) is 15.7. The van der Waals surface area contributed by atoms with E-state index in [1.165, 1.54) is 26.4 Å². The second kappa shape index (κ2) is 6.88. The molecule has 2 aromatic rings. The van der Waals surface area contributed by atoms with Crippen LogP contribution in [0.4, 0.5) is 4.39 Å². The van der Waals surface area contributed by atoms with Crippen LogP contribution in [-0.2, 0) is 9.53 Å². The number of nitrogens with one attached hydrogen (secondary N) is 1. The number of hydrogen-bond acceptors (Lipinski definition) is 6. The zero-order valence-corrected chi connectivity index (χ0v) is 15.7. The zero-order chi connectivity index (χ0) is 19.9. The maximum atomic E-state index is 14.1. The van der Waals surface area contributed by atoms with Crippen LogP contribution in [0.15, 0.2) is 18.3 Å². The topological polar surface area (TPSA) is 97.4 Å². The molecule has 148 valence electrons. The summed E-state index contributed by atoms with van der Waals surface area (Å²) in [5, 5.41) is 6.82. The van der Waals surface area contributed by atoms with Crippen molar-refractivity contribution in [2.75, 3.05) is 20.8 Å². The van der Waals surface area contributed by atoms with Gasteiger partial charge in [-0.25, -0.2) is 9.37 Å². The van der Waals surface area contributed by atoms with Crippen LogP contribution in [0.25, 0.3) is 11.3 Å². The molecule has 1 saturated carbocycles. The summed E-state index contributed by atoms with van der Waals surface area (Å²) in [6.07, 6.45) is 3.96. The molecule has 28 heavy (non-hydrogen) atoms. The molecule has 0 radical (unpaired) electrons. The fourth-order valence-electron chi connectivity index (χ4n) is 3.94. The number of methoxy groups -OCH3 is 2. The van der Waals surface area contributed by atoms with Gasteiger partial charge in [-0.3, -0.25) is 14.7 Å². The number of carbonyl (C=O) groups excluding carboxylic acids is 2. The van der Waals surface area contributed by atoms with Crippen molar-refractivity contribution in [3.63, 3.8) is 0 Å². The average molecular weight is 388 g/mol. The Morgan fingerprint density at radius 2 is 2.11 bits per heavy atom. The van der Waals surface area contributed by atoms with Gasteiger partial charge in [-0.2, -0.15) is 5.10 Å². The molecule has 2 aliphatic rings. The number of carbonyl (C=O) groups is 2. The smallest absolute Gasteiger partial charge is 0.308 e. The Kier molecular flexibility index (Phi) is 4.52. The second-order valence-electron chi connectivity index (χ2n) is 7.27. The predicted molar refractivity (Wildman–Crippen MR) is 96.1 cm³/mol. The van der Waals surface area contributed by atoms with Crippen molar-refractivity contribution in [1.82, 2.24) is 20.1 Å². The Morgan fingerprint density at radius 3 is 2.79 bits per heavy atom. The maximum Gasteiger partial charge on any atom is 0.308 e. The van der Waals surface area contributed by atoms with Gasteiger partial charge in [-0.1, -0.05) is 0 Å². The highest BCUT2D eigenvalue weighted by Gasteiger charge is 2.55. The fourth-order valence-corrected chi connectivity index (χ4v) is 3.94. The van der Waals surface area contributed by atoms with E-state index in [1.807, 2.05) is 0 Å². The summed E-state index contributed by atoms with van der Waals surface area (Å²) in [7, 11) is 2.83. The van der Waals surface area contributed by atoms with Gasteiger partial charge in [0.05, 0.1) is 32.0 Å². The number of H-pyrrole nitrogens is 1. The van der Waals surface area contributed by atoms with Gasteiger partial charge in [0.2, 0.25) is 5.88 Å². The number of rotatable bonds is 4. The molecule has 0 unspecified atom stereocenters. The van der Waals surface area contributed by atoms with Crippen molar-refractivity contribution in [3.05, 3.63) is 29.8 Å². The summed E-state index contributed by atoms with van der Waals surface area (Å²) in [6, 6.07) is 2.98. The SMILES string of the molecule is COC(=O)[C@@H]1CCN(C(=O)c2cc(-c3cc(OC)ncc3F)[nH]n2)C2(CC2)C1. The molecule has 3 heterocycles. The number of hydrogen-bond donors (Lipinski definition) is 1. The summed E-state index contributed by atoms with van der Waals surface area (Å²) >= 11 is 0. The molecule has 9 heteroatoms. The van der Waals surface area contributed by atoms with Gasteiger partial charge in [0.1, 0.15) is 0 Å². The molecule has 1 atom stereocenters. The third kappa shape index (κ3) is 3.10. The summed E-state index contributed by atoms with van der Waals surface area (Å²) in [6.45, 7) is 0.470. The Hall–Kier alpha value is -2.97. The van der Waals surface area contributed by atoms with Gasteiger partial charge in [0.15, 0.2) is 11.5 Å². The molecule has 0 bridgehead atoms. The first-order chi connectivity index (χ1) is 13.5. The number of aromatic amines is 1. The number of amides is 1. The average Bonchev–Trinajstić information content (AvgIpc) is 3.29. The molecular weight excluding hydrogens is 367 g/mol. The molecule has 1 aliphatic heterocycles. The van der Waals surface area contributed by atoms with Crippen molar-refractivity contribution in [2.45, 2.75) is 31.2 Å². The van der Waals surface area contributed by atoms with Gasteiger partial charge >= 0.3 is 5.97 Å². The number of halogens is 1. The first-order valence-electron chi connectivity index (χ1n) is 9.12. The summed E-state index contributed by atoms with van der Waals surface area (Å²) < 4.78 is 24.0.